The van der Waals surface area contributed by atoms with Crippen molar-refractivity contribution < 1.29 is 9.90 Å². The summed E-state index contributed by atoms with van der Waals surface area (Å²) in [4.78, 5) is 27.2. The van der Waals surface area contributed by atoms with Gasteiger partial charge in [0.1, 0.15) is 6.04 Å². The smallest absolute Gasteiger partial charge is 0.320 e. The number of carbonyl (C=O) groups is 1. The van der Waals surface area contributed by atoms with Gasteiger partial charge in [-0.1, -0.05) is 0 Å². The van der Waals surface area contributed by atoms with Gasteiger partial charge in [0.25, 0.3) is 5.56 Å². The van der Waals surface area contributed by atoms with Crippen LogP contribution in [0, 0.1) is 0 Å². The summed E-state index contributed by atoms with van der Waals surface area (Å²) in [5.41, 5.74) is 5.30. The molecular formula is C7H9N3O3. The summed E-state index contributed by atoms with van der Waals surface area (Å²) in [6.45, 7) is 0. The maximum Gasteiger partial charge on any atom is 0.320 e. The van der Waals surface area contributed by atoms with Crippen LogP contribution in [0.25, 0.3) is 0 Å². The Morgan fingerprint density at radius 2 is 2.46 bits per heavy atom. The van der Waals surface area contributed by atoms with Crippen LogP contribution in [0.5, 0.6) is 0 Å². The Hall–Kier alpha value is -1.69. The Kier molecular flexibility index (Phi) is 2.76. The molecule has 6 nitrogen and oxygen atoms in total. The van der Waals surface area contributed by atoms with Crippen molar-refractivity contribution in [3.8, 4) is 0 Å². The number of aliphatic carboxylic acids is 1. The van der Waals surface area contributed by atoms with Gasteiger partial charge in [0.15, 0.2) is 0 Å². The number of aromatic nitrogens is 2. The van der Waals surface area contributed by atoms with E-state index >= 15 is 0 Å². The van der Waals surface area contributed by atoms with E-state index in [0.717, 1.165) is 0 Å². The molecule has 0 aliphatic carbocycles. The molecule has 0 fully saturated rings. The maximum absolute atomic E-state index is 10.8. The second kappa shape index (κ2) is 3.81. The second-order valence-electron chi connectivity index (χ2n) is 2.55. The monoisotopic (exact) mass is 183 g/mol. The number of H-pyrrole nitrogens is 1. The Labute approximate surface area is 73.4 Å². The molecule has 6 heteroatoms. The van der Waals surface area contributed by atoms with Crippen LogP contribution in [0.3, 0.4) is 0 Å². The highest BCUT2D eigenvalue weighted by Gasteiger charge is 2.12. The fourth-order valence-electron chi connectivity index (χ4n) is 0.833. The Morgan fingerprint density at radius 3 is 3.00 bits per heavy atom. The molecule has 1 heterocycles. The van der Waals surface area contributed by atoms with Gasteiger partial charge in [-0.25, -0.2) is 4.98 Å². The maximum atomic E-state index is 10.8. The van der Waals surface area contributed by atoms with Crippen molar-refractivity contribution in [2.45, 2.75) is 12.5 Å². The molecule has 0 saturated carbocycles. The molecule has 0 aliphatic heterocycles. The number of aromatic amines is 1. The third-order valence-electron chi connectivity index (χ3n) is 1.48. The summed E-state index contributed by atoms with van der Waals surface area (Å²) in [5.74, 6) is -1.11. The van der Waals surface area contributed by atoms with Crippen LogP contribution in [0.4, 0.5) is 0 Å². The number of carboxylic acids is 1. The summed E-state index contributed by atoms with van der Waals surface area (Å²) in [6.07, 6.45) is 1.27. The highest BCUT2D eigenvalue weighted by molar-refractivity contribution is 5.73. The first kappa shape index (κ1) is 9.40. The Morgan fingerprint density at radius 1 is 1.77 bits per heavy atom. The number of carboxylic acid groups (broad SMARTS) is 1. The Balaban J connectivity index is 2.75. The summed E-state index contributed by atoms with van der Waals surface area (Å²) in [6, 6.07) is 0.206. The standard InChI is InChI=1S/C7H9N3O3/c8-5(7(12)13)1-4-2-6(11)10-3-9-4/h2-3,5H,1,8H2,(H,12,13)(H,9,10,11). The largest absolute Gasteiger partial charge is 0.480 e. The van der Waals surface area contributed by atoms with Gasteiger partial charge in [0.2, 0.25) is 0 Å². The van der Waals surface area contributed by atoms with Gasteiger partial charge >= 0.3 is 5.97 Å². The quantitative estimate of drug-likeness (QED) is 0.541. The molecule has 70 valence electrons. The van der Waals surface area contributed by atoms with Crippen molar-refractivity contribution in [1.82, 2.24) is 9.97 Å². The van der Waals surface area contributed by atoms with Gasteiger partial charge in [-0.3, -0.25) is 9.59 Å². The first-order valence-electron chi connectivity index (χ1n) is 3.61. The average molecular weight is 183 g/mol. The number of rotatable bonds is 3. The van der Waals surface area contributed by atoms with E-state index in [0.29, 0.717) is 5.69 Å². The molecule has 1 aromatic rings. The molecule has 1 aromatic heterocycles. The van der Waals surface area contributed by atoms with Crippen LogP contribution in [0.2, 0.25) is 0 Å². The number of nitrogens with one attached hydrogen (secondary N) is 1. The average Bonchev–Trinajstić information content (AvgIpc) is 2.04. The predicted octanol–water partition coefficient (Wildman–Crippen LogP) is -1.28. The van der Waals surface area contributed by atoms with Gasteiger partial charge in [0.05, 0.1) is 6.33 Å². The van der Waals surface area contributed by atoms with Crippen LogP contribution in [0.1, 0.15) is 5.69 Å². The van der Waals surface area contributed by atoms with Crippen molar-refractivity contribution in [2.24, 2.45) is 5.73 Å². The molecule has 0 spiro atoms. The van der Waals surface area contributed by atoms with E-state index in [-0.39, 0.29) is 12.0 Å². The van der Waals surface area contributed by atoms with E-state index in [2.05, 4.69) is 9.97 Å². The van der Waals surface area contributed by atoms with E-state index < -0.39 is 12.0 Å². The molecule has 0 aromatic carbocycles. The minimum atomic E-state index is -1.11. The normalized spacial score (nSPS) is 12.4. The first-order valence-corrected chi connectivity index (χ1v) is 3.61. The number of nitrogens with two attached hydrogens (primary N) is 1. The van der Waals surface area contributed by atoms with Gasteiger partial charge in [0, 0.05) is 18.2 Å². The summed E-state index contributed by atoms with van der Waals surface area (Å²) in [5, 5.41) is 8.47. The SMILES string of the molecule is NC(Cc1cc(=O)[nH]cn1)C(=O)O. The van der Waals surface area contributed by atoms with Crippen molar-refractivity contribution in [1.29, 1.82) is 0 Å². The lowest BCUT2D eigenvalue weighted by molar-refractivity contribution is -0.138. The van der Waals surface area contributed by atoms with Crippen LogP contribution in [-0.4, -0.2) is 27.1 Å². The molecule has 4 N–H and O–H groups in total. The first-order chi connectivity index (χ1) is 6.09. The molecule has 13 heavy (non-hydrogen) atoms. The van der Waals surface area contributed by atoms with Crippen molar-refractivity contribution in [3.05, 3.63) is 28.4 Å². The number of hydrogen-bond donors (Lipinski definition) is 3. The van der Waals surface area contributed by atoms with Crippen LogP contribution in [-0.2, 0) is 11.2 Å². The fraction of sp³-hybridized carbons (Fsp3) is 0.286. The van der Waals surface area contributed by atoms with E-state index in [1.807, 2.05) is 0 Å². The zero-order valence-electron chi connectivity index (χ0n) is 6.73. The molecular weight excluding hydrogens is 174 g/mol. The lowest BCUT2D eigenvalue weighted by Gasteiger charge is -2.03. The zero-order chi connectivity index (χ0) is 9.84. The van der Waals surface area contributed by atoms with Crippen LogP contribution >= 0.6 is 0 Å². The zero-order valence-corrected chi connectivity index (χ0v) is 6.73. The van der Waals surface area contributed by atoms with Gasteiger partial charge in [-0.15, -0.1) is 0 Å². The molecule has 1 atom stereocenters. The third-order valence-corrected chi connectivity index (χ3v) is 1.48. The molecule has 0 bridgehead atoms. The molecule has 0 radical (unpaired) electrons. The number of nitrogens with zero attached hydrogens (tertiary/aromatic N) is 1. The van der Waals surface area contributed by atoms with Crippen molar-refractivity contribution >= 4 is 5.97 Å². The predicted molar refractivity (Wildman–Crippen MR) is 44.2 cm³/mol. The lowest BCUT2D eigenvalue weighted by atomic mass is 10.2. The highest BCUT2D eigenvalue weighted by atomic mass is 16.4. The summed E-state index contributed by atoms with van der Waals surface area (Å²) < 4.78 is 0. The van der Waals surface area contributed by atoms with Gasteiger partial charge in [-0.05, 0) is 0 Å². The second-order valence-corrected chi connectivity index (χ2v) is 2.55. The molecule has 0 amide bonds. The summed E-state index contributed by atoms with van der Waals surface area (Å²) >= 11 is 0. The van der Waals surface area contributed by atoms with Gasteiger partial charge < -0.3 is 15.8 Å². The fourth-order valence-corrected chi connectivity index (χ4v) is 0.833. The third kappa shape index (κ3) is 2.68. The molecule has 1 unspecified atom stereocenters. The number of hydrogen-bond acceptors (Lipinski definition) is 4. The van der Waals surface area contributed by atoms with Crippen LogP contribution < -0.4 is 11.3 Å². The topological polar surface area (TPSA) is 109 Å². The van der Waals surface area contributed by atoms with Gasteiger partial charge in [-0.2, -0.15) is 0 Å². The highest BCUT2D eigenvalue weighted by Crippen LogP contribution is 1.93. The van der Waals surface area contributed by atoms with E-state index in [1.165, 1.54) is 12.4 Å². The lowest BCUT2D eigenvalue weighted by Crippen LogP contribution is -2.32. The Bertz CT molecular complexity index is 360. The minimum Gasteiger partial charge on any atom is -0.480 e. The van der Waals surface area contributed by atoms with Crippen LogP contribution in [0.15, 0.2) is 17.2 Å². The molecule has 1 rings (SSSR count). The van der Waals surface area contributed by atoms with Crippen molar-refractivity contribution in [2.75, 3.05) is 0 Å². The van der Waals surface area contributed by atoms with E-state index in [1.54, 1.807) is 0 Å². The summed E-state index contributed by atoms with van der Waals surface area (Å²) in [7, 11) is 0. The molecule has 0 saturated heterocycles. The van der Waals surface area contributed by atoms with E-state index in [9.17, 15) is 9.59 Å². The van der Waals surface area contributed by atoms with Crippen molar-refractivity contribution in [3.63, 3.8) is 0 Å². The molecule has 0 aliphatic rings. The van der Waals surface area contributed by atoms with E-state index in [4.69, 9.17) is 10.8 Å². The minimum absolute atomic E-state index is 0.0548.